The number of thioether (sulfide) groups is 1. The highest BCUT2D eigenvalue weighted by Crippen LogP contribution is 2.11. The van der Waals surface area contributed by atoms with Gasteiger partial charge in [-0.25, -0.2) is 0 Å². The number of anilines is 1. The molecule has 4 N–H and O–H groups in total. The van der Waals surface area contributed by atoms with E-state index >= 15 is 0 Å². The number of amides is 1. The Morgan fingerprint density at radius 2 is 2.00 bits per heavy atom. The van der Waals surface area contributed by atoms with Gasteiger partial charge in [0.05, 0.1) is 5.75 Å². The molecule has 110 valence electrons. The molecule has 0 saturated carbocycles. The number of nitrogens with one attached hydrogen (secondary N) is 1. The summed E-state index contributed by atoms with van der Waals surface area (Å²) in [5.74, 6) is -0.258. The van der Waals surface area contributed by atoms with Gasteiger partial charge < -0.3 is 16.2 Å². The molecule has 1 atom stereocenters. The Morgan fingerprint density at radius 1 is 1.35 bits per heavy atom. The van der Waals surface area contributed by atoms with Gasteiger partial charge in [0.15, 0.2) is 0 Å². The van der Waals surface area contributed by atoms with Crippen molar-refractivity contribution < 1.29 is 14.7 Å². The van der Waals surface area contributed by atoms with Crippen LogP contribution in [0.15, 0.2) is 24.3 Å². The van der Waals surface area contributed by atoms with Crippen molar-refractivity contribution in [1.82, 2.24) is 0 Å². The monoisotopic (exact) mass is 296 g/mol. The number of benzene rings is 1. The van der Waals surface area contributed by atoms with Crippen LogP contribution in [0.25, 0.3) is 0 Å². The highest BCUT2D eigenvalue weighted by molar-refractivity contribution is 7.99. The zero-order chi connectivity index (χ0) is 15.0. The average Bonchev–Trinajstić information content (AvgIpc) is 2.44. The van der Waals surface area contributed by atoms with Crippen LogP contribution in [-0.2, 0) is 16.0 Å². The van der Waals surface area contributed by atoms with Crippen LogP contribution in [0.1, 0.15) is 18.9 Å². The molecule has 0 heterocycles. The first kappa shape index (κ1) is 16.5. The summed E-state index contributed by atoms with van der Waals surface area (Å²) in [4.78, 5) is 22.2. The molecule has 0 saturated heterocycles. The van der Waals surface area contributed by atoms with E-state index in [1.165, 1.54) is 17.3 Å². The number of aryl methyl sites for hydroxylation is 1. The van der Waals surface area contributed by atoms with E-state index in [1.54, 1.807) is 0 Å². The molecule has 1 aromatic rings. The number of aliphatic carboxylic acids is 1. The molecule has 5 nitrogen and oxygen atoms in total. The molecular formula is C14H20N2O3S. The number of hydrogen-bond acceptors (Lipinski definition) is 4. The van der Waals surface area contributed by atoms with Crippen LogP contribution in [0.2, 0.25) is 0 Å². The number of nitrogens with two attached hydrogens (primary N) is 1. The van der Waals surface area contributed by atoms with E-state index in [-0.39, 0.29) is 5.91 Å². The summed E-state index contributed by atoms with van der Waals surface area (Å²) in [6.45, 7) is 2.08. The Morgan fingerprint density at radius 3 is 2.55 bits per heavy atom. The Hall–Kier alpha value is -1.53. The van der Waals surface area contributed by atoms with Crippen LogP contribution in [0.3, 0.4) is 0 Å². The number of carbonyl (C=O) groups excluding carboxylic acids is 1. The SMILES string of the molecule is CCc1ccc(NC(=O)CSCCC(N)C(=O)O)cc1. The fourth-order valence-electron chi connectivity index (χ4n) is 1.52. The van der Waals surface area contributed by atoms with E-state index in [0.29, 0.717) is 17.9 Å². The second-order valence-corrected chi connectivity index (χ2v) is 5.49. The lowest BCUT2D eigenvalue weighted by molar-refractivity contribution is -0.138. The van der Waals surface area contributed by atoms with Gasteiger partial charge in [0.2, 0.25) is 5.91 Å². The summed E-state index contributed by atoms with van der Waals surface area (Å²) in [5.41, 5.74) is 7.37. The second-order valence-electron chi connectivity index (χ2n) is 4.38. The number of hydrogen-bond donors (Lipinski definition) is 3. The molecule has 1 unspecified atom stereocenters. The van der Waals surface area contributed by atoms with Crippen LogP contribution in [0, 0.1) is 0 Å². The molecule has 0 bridgehead atoms. The van der Waals surface area contributed by atoms with Gasteiger partial charge in [-0.1, -0.05) is 19.1 Å². The Balaban J connectivity index is 2.24. The van der Waals surface area contributed by atoms with E-state index in [9.17, 15) is 9.59 Å². The molecule has 6 heteroatoms. The van der Waals surface area contributed by atoms with Gasteiger partial charge >= 0.3 is 5.97 Å². The minimum Gasteiger partial charge on any atom is -0.480 e. The maximum Gasteiger partial charge on any atom is 0.320 e. The third-order valence-electron chi connectivity index (χ3n) is 2.77. The molecule has 1 aromatic carbocycles. The highest BCUT2D eigenvalue weighted by Gasteiger charge is 2.11. The number of carboxylic acids is 1. The summed E-state index contributed by atoms with van der Waals surface area (Å²) in [6.07, 6.45) is 1.33. The van der Waals surface area contributed by atoms with Crippen LogP contribution >= 0.6 is 11.8 Å². The molecule has 0 radical (unpaired) electrons. The lowest BCUT2D eigenvalue weighted by atomic mass is 10.1. The van der Waals surface area contributed by atoms with E-state index < -0.39 is 12.0 Å². The number of carboxylic acid groups (broad SMARTS) is 1. The second kappa shape index (κ2) is 8.60. The Bertz CT molecular complexity index is 448. The molecule has 1 rings (SSSR count). The predicted octanol–water partition coefficient (Wildman–Crippen LogP) is 1.72. The van der Waals surface area contributed by atoms with E-state index in [2.05, 4.69) is 12.2 Å². The molecule has 0 fully saturated rings. The lowest BCUT2D eigenvalue weighted by Crippen LogP contribution is -2.30. The average molecular weight is 296 g/mol. The highest BCUT2D eigenvalue weighted by atomic mass is 32.2. The first-order chi connectivity index (χ1) is 9.52. The molecule has 1 amide bonds. The van der Waals surface area contributed by atoms with Crippen LogP contribution < -0.4 is 11.1 Å². The van der Waals surface area contributed by atoms with Crippen molar-refractivity contribution in [3.63, 3.8) is 0 Å². The summed E-state index contributed by atoms with van der Waals surface area (Å²) in [5, 5.41) is 11.4. The third kappa shape index (κ3) is 6.08. The molecule has 0 aliphatic rings. The smallest absolute Gasteiger partial charge is 0.320 e. The fraction of sp³-hybridized carbons (Fsp3) is 0.429. The van der Waals surface area contributed by atoms with Crippen LogP contribution in [0.5, 0.6) is 0 Å². The minimum atomic E-state index is -1.01. The van der Waals surface area contributed by atoms with Crippen molar-refractivity contribution in [3.8, 4) is 0 Å². The minimum absolute atomic E-state index is 0.0943. The van der Waals surface area contributed by atoms with Crippen molar-refractivity contribution in [2.45, 2.75) is 25.8 Å². The molecule has 0 spiro atoms. The Labute approximate surface area is 122 Å². The molecular weight excluding hydrogens is 276 g/mol. The first-order valence-electron chi connectivity index (χ1n) is 6.48. The number of rotatable bonds is 8. The van der Waals surface area contributed by atoms with Gasteiger partial charge in [-0.3, -0.25) is 9.59 Å². The maximum absolute atomic E-state index is 11.7. The summed E-state index contributed by atoms with van der Waals surface area (Å²) in [6, 6.07) is 6.86. The largest absolute Gasteiger partial charge is 0.480 e. The van der Waals surface area contributed by atoms with E-state index in [0.717, 1.165) is 12.1 Å². The van der Waals surface area contributed by atoms with Gasteiger partial charge in [0.1, 0.15) is 6.04 Å². The zero-order valence-corrected chi connectivity index (χ0v) is 12.3. The summed E-state index contributed by atoms with van der Waals surface area (Å²) in [7, 11) is 0. The fourth-order valence-corrected chi connectivity index (χ4v) is 2.34. The van der Waals surface area contributed by atoms with Crippen LogP contribution in [0.4, 0.5) is 5.69 Å². The molecule has 0 aliphatic carbocycles. The van der Waals surface area contributed by atoms with Crippen molar-refractivity contribution in [2.75, 3.05) is 16.8 Å². The molecule has 0 aliphatic heterocycles. The zero-order valence-electron chi connectivity index (χ0n) is 11.5. The van der Waals surface area contributed by atoms with E-state index in [4.69, 9.17) is 10.8 Å². The summed E-state index contributed by atoms with van der Waals surface area (Å²) >= 11 is 1.38. The van der Waals surface area contributed by atoms with E-state index in [1.807, 2.05) is 24.3 Å². The predicted molar refractivity (Wildman–Crippen MR) is 82.0 cm³/mol. The maximum atomic E-state index is 11.7. The summed E-state index contributed by atoms with van der Waals surface area (Å²) < 4.78 is 0. The molecule has 20 heavy (non-hydrogen) atoms. The lowest BCUT2D eigenvalue weighted by Gasteiger charge is -2.07. The van der Waals surface area contributed by atoms with Gasteiger partial charge in [0.25, 0.3) is 0 Å². The van der Waals surface area contributed by atoms with Gasteiger partial charge in [-0.05, 0) is 36.3 Å². The number of carbonyl (C=O) groups is 2. The van der Waals surface area contributed by atoms with Crippen LogP contribution in [-0.4, -0.2) is 34.5 Å². The third-order valence-corrected chi connectivity index (χ3v) is 3.76. The molecule has 0 aromatic heterocycles. The van der Waals surface area contributed by atoms with Crippen molar-refractivity contribution in [2.24, 2.45) is 5.73 Å². The van der Waals surface area contributed by atoms with Crippen molar-refractivity contribution >= 4 is 29.3 Å². The topological polar surface area (TPSA) is 92.4 Å². The Kier molecular flexibility index (Phi) is 7.11. The van der Waals surface area contributed by atoms with Gasteiger partial charge in [0, 0.05) is 5.69 Å². The van der Waals surface area contributed by atoms with Crippen molar-refractivity contribution in [1.29, 1.82) is 0 Å². The standard InChI is InChI=1S/C14H20N2O3S/c1-2-10-3-5-11(6-4-10)16-13(17)9-20-8-7-12(15)14(18)19/h3-6,12H,2,7-9,15H2,1H3,(H,16,17)(H,18,19). The first-order valence-corrected chi connectivity index (χ1v) is 7.63. The van der Waals surface area contributed by atoms with Crippen molar-refractivity contribution in [3.05, 3.63) is 29.8 Å². The van der Waals surface area contributed by atoms with Gasteiger partial charge in [-0.15, -0.1) is 0 Å². The normalized spacial score (nSPS) is 11.9. The quantitative estimate of drug-likeness (QED) is 0.635. The van der Waals surface area contributed by atoms with Gasteiger partial charge in [-0.2, -0.15) is 11.8 Å².